The lowest BCUT2D eigenvalue weighted by molar-refractivity contribution is 0.0185. The summed E-state index contributed by atoms with van der Waals surface area (Å²) in [5, 5.41) is 32.2. The average Bonchev–Trinajstić information content (AvgIpc) is 3.14. The van der Waals surface area contributed by atoms with Gasteiger partial charge in [0.15, 0.2) is 0 Å². The van der Waals surface area contributed by atoms with Gasteiger partial charge in [-0.05, 0) is 39.9 Å². The Hall–Kier alpha value is -3.37. The molecule has 1 aliphatic rings. The van der Waals surface area contributed by atoms with Gasteiger partial charge < -0.3 is 20.3 Å². The van der Waals surface area contributed by atoms with Crippen LogP contribution >= 0.6 is 11.6 Å². The van der Waals surface area contributed by atoms with E-state index in [1.807, 2.05) is 42.5 Å². The third-order valence-corrected chi connectivity index (χ3v) is 5.93. The average molecular weight is 449 g/mol. The van der Waals surface area contributed by atoms with Crippen molar-refractivity contribution >= 4 is 17.7 Å². The van der Waals surface area contributed by atoms with E-state index in [-0.39, 0.29) is 29.7 Å². The Morgan fingerprint density at radius 2 is 1.69 bits per heavy atom. The van der Waals surface area contributed by atoms with Crippen LogP contribution in [0.1, 0.15) is 34.3 Å². The first-order valence-electron chi connectivity index (χ1n) is 10.1. The van der Waals surface area contributed by atoms with Crippen molar-refractivity contribution in [3.05, 3.63) is 94.0 Å². The summed E-state index contributed by atoms with van der Waals surface area (Å²) in [7, 11) is 0. The number of nitriles is 1. The molecule has 0 bridgehead atoms. The number of alkyl carbamates (subject to hydrolysis) is 1. The van der Waals surface area contributed by atoms with Gasteiger partial charge in [0.05, 0.1) is 10.6 Å². The molecule has 0 aliphatic heterocycles. The second-order valence-electron chi connectivity index (χ2n) is 7.57. The minimum absolute atomic E-state index is 0.0653. The van der Waals surface area contributed by atoms with E-state index in [4.69, 9.17) is 21.6 Å². The fourth-order valence-corrected chi connectivity index (χ4v) is 4.21. The monoisotopic (exact) mass is 448 g/mol. The van der Waals surface area contributed by atoms with Crippen LogP contribution in [0, 0.1) is 11.3 Å². The van der Waals surface area contributed by atoms with Gasteiger partial charge >= 0.3 is 6.09 Å². The molecule has 162 valence electrons. The van der Waals surface area contributed by atoms with Gasteiger partial charge in [0.1, 0.15) is 24.9 Å². The van der Waals surface area contributed by atoms with E-state index in [0.717, 1.165) is 22.3 Å². The van der Waals surface area contributed by atoms with E-state index in [1.165, 1.54) is 18.2 Å². The number of benzene rings is 3. The first-order valence-corrected chi connectivity index (χ1v) is 10.5. The smallest absolute Gasteiger partial charge is 0.407 e. The third kappa shape index (κ3) is 4.32. The van der Waals surface area contributed by atoms with E-state index in [1.54, 1.807) is 0 Å². The SMILES string of the molecule is N#Cc1ccc(C(O)C(O)CNC(=O)OCC2c3ccccc3-c3ccccc32)cc1Cl. The molecule has 2 unspecified atom stereocenters. The zero-order valence-electron chi connectivity index (χ0n) is 17.0. The maximum Gasteiger partial charge on any atom is 0.407 e. The lowest BCUT2D eigenvalue weighted by atomic mass is 9.98. The van der Waals surface area contributed by atoms with Gasteiger partial charge in [-0.25, -0.2) is 4.79 Å². The zero-order valence-corrected chi connectivity index (χ0v) is 17.8. The first-order chi connectivity index (χ1) is 15.5. The molecule has 2 atom stereocenters. The Kier molecular flexibility index (Phi) is 6.42. The van der Waals surface area contributed by atoms with E-state index >= 15 is 0 Å². The number of carbonyl (C=O) groups is 1. The maximum absolute atomic E-state index is 12.2. The van der Waals surface area contributed by atoms with Crippen molar-refractivity contribution < 1.29 is 19.7 Å². The molecule has 7 heteroatoms. The molecule has 0 radical (unpaired) electrons. The summed E-state index contributed by atoms with van der Waals surface area (Å²) < 4.78 is 5.42. The van der Waals surface area contributed by atoms with Crippen molar-refractivity contribution in [2.45, 2.75) is 18.1 Å². The van der Waals surface area contributed by atoms with Crippen molar-refractivity contribution in [3.8, 4) is 17.2 Å². The maximum atomic E-state index is 12.2. The molecule has 0 fully saturated rings. The molecule has 1 aliphatic carbocycles. The quantitative estimate of drug-likeness (QED) is 0.525. The zero-order chi connectivity index (χ0) is 22.7. The molecular weight excluding hydrogens is 428 g/mol. The van der Waals surface area contributed by atoms with Crippen LogP contribution in [-0.2, 0) is 4.74 Å². The Morgan fingerprint density at radius 3 is 2.28 bits per heavy atom. The van der Waals surface area contributed by atoms with Gasteiger partial charge in [-0.3, -0.25) is 0 Å². The molecule has 3 aromatic carbocycles. The molecule has 0 saturated carbocycles. The Labute approximate surface area is 190 Å². The van der Waals surface area contributed by atoms with Crippen LogP contribution in [0.15, 0.2) is 66.7 Å². The molecule has 3 aromatic rings. The van der Waals surface area contributed by atoms with Gasteiger partial charge in [0.2, 0.25) is 0 Å². The summed E-state index contributed by atoms with van der Waals surface area (Å²) in [6, 6.07) is 22.4. The topological polar surface area (TPSA) is 103 Å². The van der Waals surface area contributed by atoms with Crippen LogP contribution in [0.5, 0.6) is 0 Å². The Bertz CT molecular complexity index is 1150. The number of aliphatic hydroxyl groups excluding tert-OH is 2. The second kappa shape index (κ2) is 9.41. The normalized spacial score (nSPS) is 14.1. The van der Waals surface area contributed by atoms with Gasteiger partial charge in [-0.1, -0.05) is 66.2 Å². The van der Waals surface area contributed by atoms with E-state index in [9.17, 15) is 15.0 Å². The highest BCUT2D eigenvalue weighted by atomic mass is 35.5. The summed E-state index contributed by atoms with van der Waals surface area (Å²) in [6.07, 6.45) is -3.25. The first kappa shape index (κ1) is 21.8. The van der Waals surface area contributed by atoms with E-state index < -0.39 is 18.3 Å². The predicted octanol–water partition coefficient (Wildman–Crippen LogP) is 4.14. The number of nitrogens with zero attached hydrogens (tertiary/aromatic N) is 1. The van der Waals surface area contributed by atoms with Gasteiger partial charge in [0.25, 0.3) is 0 Å². The fourth-order valence-electron chi connectivity index (χ4n) is 3.98. The van der Waals surface area contributed by atoms with Crippen LogP contribution in [0.4, 0.5) is 4.79 Å². The number of rotatable bonds is 6. The molecule has 4 rings (SSSR count). The number of ether oxygens (including phenoxy) is 1. The Balaban J connectivity index is 1.34. The number of amides is 1. The molecule has 0 heterocycles. The van der Waals surface area contributed by atoms with Crippen LogP contribution in [0.2, 0.25) is 5.02 Å². The molecule has 0 aromatic heterocycles. The van der Waals surface area contributed by atoms with Crippen molar-refractivity contribution in [2.75, 3.05) is 13.2 Å². The number of hydrogen-bond donors (Lipinski definition) is 3. The number of aliphatic hydroxyl groups is 2. The summed E-state index contributed by atoms with van der Waals surface area (Å²) in [4.78, 5) is 12.2. The van der Waals surface area contributed by atoms with Crippen molar-refractivity contribution in [3.63, 3.8) is 0 Å². The Morgan fingerprint density at radius 1 is 1.06 bits per heavy atom. The molecule has 3 N–H and O–H groups in total. The molecule has 0 spiro atoms. The van der Waals surface area contributed by atoms with Crippen LogP contribution in [0.25, 0.3) is 11.1 Å². The van der Waals surface area contributed by atoms with Crippen LogP contribution in [0.3, 0.4) is 0 Å². The van der Waals surface area contributed by atoms with Crippen molar-refractivity contribution in [1.29, 1.82) is 5.26 Å². The fraction of sp³-hybridized carbons (Fsp3) is 0.200. The highest BCUT2D eigenvalue weighted by Gasteiger charge is 2.29. The molecule has 32 heavy (non-hydrogen) atoms. The largest absolute Gasteiger partial charge is 0.449 e. The van der Waals surface area contributed by atoms with E-state index in [0.29, 0.717) is 5.56 Å². The predicted molar refractivity (Wildman–Crippen MR) is 120 cm³/mol. The van der Waals surface area contributed by atoms with Gasteiger partial charge in [-0.2, -0.15) is 5.26 Å². The second-order valence-corrected chi connectivity index (χ2v) is 7.98. The van der Waals surface area contributed by atoms with E-state index in [2.05, 4.69) is 17.4 Å². The van der Waals surface area contributed by atoms with Crippen LogP contribution < -0.4 is 5.32 Å². The number of nitrogens with one attached hydrogen (secondary N) is 1. The number of fused-ring (bicyclic) bond motifs is 3. The summed E-state index contributed by atoms with van der Waals surface area (Å²) in [5.41, 5.74) is 5.10. The van der Waals surface area contributed by atoms with Gasteiger partial charge in [-0.15, -0.1) is 0 Å². The highest BCUT2D eigenvalue weighted by Crippen LogP contribution is 2.44. The summed E-state index contributed by atoms with van der Waals surface area (Å²) >= 11 is 5.98. The number of hydrogen-bond acceptors (Lipinski definition) is 5. The molecular formula is C25H21ClN2O4. The van der Waals surface area contributed by atoms with Crippen molar-refractivity contribution in [2.24, 2.45) is 0 Å². The number of halogens is 1. The summed E-state index contributed by atoms with van der Waals surface area (Å²) in [6.45, 7) is -0.0563. The van der Waals surface area contributed by atoms with Crippen molar-refractivity contribution in [1.82, 2.24) is 5.32 Å². The minimum atomic E-state index is -1.28. The molecule has 1 amide bonds. The lowest BCUT2D eigenvalue weighted by Gasteiger charge is -2.19. The number of carbonyl (C=O) groups excluding carboxylic acids is 1. The highest BCUT2D eigenvalue weighted by molar-refractivity contribution is 6.31. The third-order valence-electron chi connectivity index (χ3n) is 5.62. The molecule has 0 saturated heterocycles. The van der Waals surface area contributed by atoms with Gasteiger partial charge in [0, 0.05) is 12.5 Å². The molecule has 6 nitrogen and oxygen atoms in total. The van der Waals surface area contributed by atoms with Crippen LogP contribution in [-0.4, -0.2) is 35.6 Å². The lowest BCUT2D eigenvalue weighted by Crippen LogP contribution is -2.36. The minimum Gasteiger partial charge on any atom is -0.449 e. The summed E-state index contributed by atoms with van der Waals surface area (Å²) in [5.74, 6) is -0.0653. The standard InChI is InChI=1S/C25H21ClN2O4/c26-22-11-15(9-10-16(22)12-27)24(30)23(29)13-28-25(31)32-14-21-19-7-3-1-5-17(19)18-6-2-4-8-20(18)21/h1-11,21,23-24,29-30H,13-14H2,(H,28,31).